The van der Waals surface area contributed by atoms with E-state index in [0.717, 1.165) is 36.3 Å². The Hall–Kier alpha value is -2.17. The Bertz CT molecular complexity index is 688. The first-order chi connectivity index (χ1) is 9.70. The van der Waals surface area contributed by atoms with Crippen LogP contribution < -0.4 is 0 Å². The second kappa shape index (κ2) is 5.07. The predicted octanol–water partition coefficient (Wildman–Crippen LogP) is 2.81. The van der Waals surface area contributed by atoms with Crippen LogP contribution in [0.25, 0.3) is 11.2 Å². The smallest absolute Gasteiger partial charge is 0.356 e. The summed E-state index contributed by atoms with van der Waals surface area (Å²) in [6.45, 7) is 1.98. The van der Waals surface area contributed by atoms with Crippen LogP contribution in [0.1, 0.15) is 41.6 Å². The Morgan fingerprint density at radius 3 is 2.90 bits per heavy atom. The van der Waals surface area contributed by atoms with Gasteiger partial charge in [0.25, 0.3) is 0 Å². The number of aromatic nitrogens is 3. The molecule has 0 fully saturated rings. The van der Waals surface area contributed by atoms with Gasteiger partial charge in [0, 0.05) is 6.04 Å². The maximum Gasteiger partial charge on any atom is 0.356 e. The highest BCUT2D eigenvalue weighted by atomic mass is 16.5. The number of methoxy groups -OCH3 is 1. The van der Waals surface area contributed by atoms with E-state index in [1.807, 2.05) is 13.0 Å². The average Bonchev–Trinajstić information content (AvgIpc) is 2.82. The summed E-state index contributed by atoms with van der Waals surface area (Å²) < 4.78 is 6.88. The van der Waals surface area contributed by atoms with Crippen molar-refractivity contribution in [2.75, 3.05) is 7.11 Å². The highest BCUT2D eigenvalue weighted by Crippen LogP contribution is 2.28. The van der Waals surface area contributed by atoms with Gasteiger partial charge in [-0.25, -0.2) is 14.8 Å². The summed E-state index contributed by atoms with van der Waals surface area (Å²) in [6.07, 6.45) is 7.53. The number of allylic oxidation sites excluding steroid dienone is 2. The molecule has 0 aromatic carbocycles. The largest absolute Gasteiger partial charge is 0.464 e. The Labute approximate surface area is 117 Å². The lowest BCUT2D eigenvalue weighted by atomic mass is 10.0. The number of carbonyl (C=O) groups excluding carboxylic acids is 1. The number of imidazole rings is 1. The molecule has 1 aliphatic carbocycles. The van der Waals surface area contributed by atoms with E-state index in [0.29, 0.717) is 11.7 Å². The molecule has 0 saturated heterocycles. The summed E-state index contributed by atoms with van der Waals surface area (Å²) in [4.78, 5) is 20.6. The van der Waals surface area contributed by atoms with Crippen molar-refractivity contribution in [2.24, 2.45) is 0 Å². The predicted molar refractivity (Wildman–Crippen MR) is 75.6 cm³/mol. The summed E-state index contributed by atoms with van der Waals surface area (Å²) in [7, 11) is 1.36. The molecule has 0 bridgehead atoms. The zero-order chi connectivity index (χ0) is 14.1. The van der Waals surface area contributed by atoms with Gasteiger partial charge in [0.1, 0.15) is 11.3 Å². The second-order valence-electron chi connectivity index (χ2n) is 5.00. The zero-order valence-corrected chi connectivity index (χ0v) is 11.7. The number of nitrogens with zero attached hydrogens (tertiary/aromatic N) is 3. The molecule has 0 aliphatic heterocycles. The number of carbonyl (C=O) groups is 1. The summed E-state index contributed by atoms with van der Waals surface area (Å²) in [5.41, 5.74) is 1.92. The van der Waals surface area contributed by atoms with Crippen molar-refractivity contribution in [2.45, 2.75) is 32.2 Å². The van der Waals surface area contributed by atoms with Crippen LogP contribution in [0.3, 0.4) is 0 Å². The molecule has 0 N–H and O–H groups in total. The molecule has 20 heavy (non-hydrogen) atoms. The van der Waals surface area contributed by atoms with E-state index in [2.05, 4.69) is 26.7 Å². The van der Waals surface area contributed by atoms with Crippen LogP contribution in [-0.4, -0.2) is 27.6 Å². The van der Waals surface area contributed by atoms with Crippen LogP contribution >= 0.6 is 0 Å². The molecule has 2 aromatic heterocycles. The lowest BCUT2D eigenvalue weighted by Gasteiger charge is -2.21. The minimum atomic E-state index is -0.416. The molecule has 0 radical (unpaired) electrons. The minimum Gasteiger partial charge on any atom is -0.464 e. The SMILES string of the molecule is COC(=O)c1ccc2nc(C)n(C3CC=CCC3)c2n1. The number of ether oxygens (including phenoxy) is 1. The van der Waals surface area contributed by atoms with Crippen LogP contribution in [0.5, 0.6) is 0 Å². The zero-order valence-electron chi connectivity index (χ0n) is 11.7. The number of hydrogen-bond donors (Lipinski definition) is 0. The number of hydrogen-bond acceptors (Lipinski definition) is 4. The molecule has 0 spiro atoms. The van der Waals surface area contributed by atoms with Crippen LogP contribution in [0.4, 0.5) is 0 Å². The van der Waals surface area contributed by atoms with Crippen molar-refractivity contribution >= 4 is 17.1 Å². The van der Waals surface area contributed by atoms with E-state index in [4.69, 9.17) is 4.74 Å². The molecule has 3 rings (SSSR count). The van der Waals surface area contributed by atoms with Gasteiger partial charge in [-0.05, 0) is 38.3 Å². The fourth-order valence-electron chi connectivity index (χ4n) is 2.75. The van der Waals surface area contributed by atoms with Gasteiger partial charge in [0.15, 0.2) is 11.3 Å². The summed E-state index contributed by atoms with van der Waals surface area (Å²) >= 11 is 0. The van der Waals surface area contributed by atoms with Gasteiger partial charge in [-0.2, -0.15) is 0 Å². The van der Waals surface area contributed by atoms with Gasteiger partial charge in [-0.3, -0.25) is 0 Å². The molecule has 0 saturated carbocycles. The van der Waals surface area contributed by atoms with Crippen molar-refractivity contribution in [3.05, 3.63) is 35.8 Å². The minimum absolute atomic E-state index is 0.326. The number of esters is 1. The molecule has 2 heterocycles. The van der Waals surface area contributed by atoms with Crippen molar-refractivity contribution in [3.63, 3.8) is 0 Å². The third kappa shape index (κ3) is 2.09. The Balaban J connectivity index is 2.12. The van der Waals surface area contributed by atoms with Crippen molar-refractivity contribution < 1.29 is 9.53 Å². The van der Waals surface area contributed by atoms with Crippen molar-refractivity contribution in [1.82, 2.24) is 14.5 Å². The van der Waals surface area contributed by atoms with Crippen molar-refractivity contribution in [3.8, 4) is 0 Å². The maximum atomic E-state index is 11.6. The molecule has 2 aromatic rings. The van der Waals surface area contributed by atoms with E-state index in [-0.39, 0.29) is 0 Å². The Morgan fingerprint density at radius 1 is 1.35 bits per heavy atom. The summed E-state index contributed by atoms with van der Waals surface area (Å²) in [6, 6.07) is 3.85. The molecule has 104 valence electrons. The number of aryl methyl sites for hydroxylation is 1. The first-order valence-electron chi connectivity index (χ1n) is 6.79. The first kappa shape index (κ1) is 12.8. The normalized spacial score (nSPS) is 18.4. The van der Waals surface area contributed by atoms with Crippen LogP contribution in [0, 0.1) is 6.92 Å². The molecule has 1 atom stereocenters. The van der Waals surface area contributed by atoms with Gasteiger partial charge in [-0.15, -0.1) is 0 Å². The van der Waals surface area contributed by atoms with Gasteiger partial charge in [0.05, 0.1) is 7.11 Å². The lowest BCUT2D eigenvalue weighted by molar-refractivity contribution is 0.0594. The van der Waals surface area contributed by atoms with E-state index in [9.17, 15) is 4.79 Å². The number of fused-ring (bicyclic) bond motifs is 1. The van der Waals surface area contributed by atoms with Gasteiger partial charge < -0.3 is 9.30 Å². The van der Waals surface area contributed by atoms with E-state index >= 15 is 0 Å². The summed E-state index contributed by atoms with van der Waals surface area (Å²) in [5.74, 6) is 0.524. The van der Waals surface area contributed by atoms with Gasteiger partial charge in [0.2, 0.25) is 0 Å². The van der Waals surface area contributed by atoms with E-state index in [1.165, 1.54) is 7.11 Å². The standard InChI is InChI=1S/C15H17N3O2/c1-10-16-12-8-9-13(15(19)20-2)17-14(12)18(10)11-6-4-3-5-7-11/h3-4,8-9,11H,5-7H2,1-2H3. The lowest BCUT2D eigenvalue weighted by Crippen LogP contribution is -2.13. The third-order valence-electron chi connectivity index (χ3n) is 3.71. The molecule has 5 nitrogen and oxygen atoms in total. The summed E-state index contributed by atoms with van der Waals surface area (Å²) in [5, 5.41) is 0. The Kier molecular flexibility index (Phi) is 3.26. The molecular formula is C15H17N3O2. The first-order valence-corrected chi connectivity index (χ1v) is 6.79. The van der Waals surface area contributed by atoms with Crippen LogP contribution in [0.15, 0.2) is 24.3 Å². The number of rotatable bonds is 2. The Morgan fingerprint density at radius 2 is 2.20 bits per heavy atom. The third-order valence-corrected chi connectivity index (χ3v) is 3.71. The quantitative estimate of drug-likeness (QED) is 0.622. The van der Waals surface area contributed by atoms with Crippen LogP contribution in [0.2, 0.25) is 0 Å². The van der Waals surface area contributed by atoms with Crippen LogP contribution in [-0.2, 0) is 4.74 Å². The molecule has 5 heteroatoms. The monoisotopic (exact) mass is 271 g/mol. The van der Waals surface area contributed by atoms with Crippen molar-refractivity contribution in [1.29, 1.82) is 0 Å². The molecular weight excluding hydrogens is 254 g/mol. The molecule has 1 unspecified atom stereocenters. The van der Waals surface area contributed by atoms with E-state index in [1.54, 1.807) is 6.07 Å². The maximum absolute atomic E-state index is 11.6. The fourth-order valence-corrected chi connectivity index (χ4v) is 2.75. The fraction of sp³-hybridized carbons (Fsp3) is 0.400. The molecule has 0 amide bonds. The highest BCUT2D eigenvalue weighted by molar-refractivity contribution is 5.89. The average molecular weight is 271 g/mol. The second-order valence-corrected chi connectivity index (χ2v) is 5.00. The van der Waals surface area contributed by atoms with Gasteiger partial charge >= 0.3 is 5.97 Å². The topological polar surface area (TPSA) is 57.0 Å². The van der Waals surface area contributed by atoms with Gasteiger partial charge in [-0.1, -0.05) is 12.2 Å². The number of pyridine rings is 1. The highest BCUT2D eigenvalue weighted by Gasteiger charge is 2.20. The molecule has 1 aliphatic rings. The van der Waals surface area contributed by atoms with E-state index < -0.39 is 5.97 Å².